The highest BCUT2D eigenvalue weighted by atomic mass is 16.4. The van der Waals surface area contributed by atoms with Crippen LogP contribution in [0.4, 0.5) is 5.69 Å². The largest absolute Gasteiger partial charge is 0.506 e. The zero-order chi connectivity index (χ0) is 13.5. The Kier molecular flexibility index (Phi) is 2.77. The van der Waals surface area contributed by atoms with Crippen LogP contribution in [-0.4, -0.2) is 22.1 Å². The Morgan fingerprint density at radius 1 is 1.22 bits per heavy atom. The summed E-state index contributed by atoms with van der Waals surface area (Å²) in [5.74, 6) is -2.58. The van der Waals surface area contributed by atoms with Gasteiger partial charge < -0.3 is 15.5 Å². The number of carboxylic acids is 1. The van der Waals surface area contributed by atoms with Gasteiger partial charge in [-0.25, -0.2) is 0 Å². The second-order valence-corrected chi connectivity index (χ2v) is 5.12. The van der Waals surface area contributed by atoms with E-state index in [2.05, 4.69) is 5.32 Å². The maximum atomic E-state index is 12.0. The normalized spacial score (nSPS) is 24.3. The Morgan fingerprint density at radius 2 is 1.83 bits per heavy atom. The van der Waals surface area contributed by atoms with Gasteiger partial charge in [-0.3, -0.25) is 9.59 Å². The average Bonchev–Trinajstić information content (AvgIpc) is 2.85. The van der Waals surface area contributed by atoms with Gasteiger partial charge in [0.2, 0.25) is 5.91 Å². The number of aromatic hydroxyl groups is 1. The number of amides is 1. The number of hydrogen-bond acceptors (Lipinski definition) is 3. The molecule has 0 unspecified atom stereocenters. The molecule has 0 radical (unpaired) electrons. The standard InChI is InChI=1S/C13H15NO4/c1-13(2)9(10(13)12(17)18)11(16)14-7-5-3-4-6-8(7)15/h3-6,9-10,15H,1-2H3,(H,14,16)(H,17,18)/t9-,10-/m0/s1. The summed E-state index contributed by atoms with van der Waals surface area (Å²) in [4.78, 5) is 23.0. The highest BCUT2D eigenvalue weighted by Gasteiger charge is 2.65. The predicted octanol–water partition coefficient (Wildman–Crippen LogP) is 1.69. The summed E-state index contributed by atoms with van der Waals surface area (Å²) in [6, 6.07) is 6.36. The Morgan fingerprint density at radius 3 is 2.33 bits per heavy atom. The lowest BCUT2D eigenvalue weighted by atomic mass is 10.1. The van der Waals surface area contributed by atoms with Crippen LogP contribution in [0.25, 0.3) is 0 Å². The van der Waals surface area contributed by atoms with Crippen molar-refractivity contribution in [1.29, 1.82) is 0 Å². The molecular formula is C13H15NO4. The summed E-state index contributed by atoms with van der Waals surface area (Å²) in [5.41, 5.74) is -0.241. The molecule has 5 heteroatoms. The van der Waals surface area contributed by atoms with E-state index in [-0.39, 0.29) is 11.7 Å². The summed E-state index contributed by atoms with van der Waals surface area (Å²) in [6.07, 6.45) is 0. The van der Waals surface area contributed by atoms with E-state index in [1.165, 1.54) is 6.07 Å². The third kappa shape index (κ3) is 1.92. The van der Waals surface area contributed by atoms with Crippen LogP contribution in [0, 0.1) is 17.3 Å². The molecule has 2 rings (SSSR count). The third-order valence-electron chi connectivity index (χ3n) is 3.54. The zero-order valence-corrected chi connectivity index (χ0v) is 10.2. The van der Waals surface area contributed by atoms with Gasteiger partial charge in [0.05, 0.1) is 17.5 Å². The first-order chi connectivity index (χ1) is 8.35. The van der Waals surface area contributed by atoms with Gasteiger partial charge in [0, 0.05) is 0 Å². The van der Waals surface area contributed by atoms with Gasteiger partial charge in [0.15, 0.2) is 0 Å². The van der Waals surface area contributed by atoms with E-state index in [9.17, 15) is 14.7 Å². The molecule has 0 aliphatic heterocycles. The zero-order valence-electron chi connectivity index (χ0n) is 10.2. The highest BCUT2D eigenvalue weighted by molar-refractivity contribution is 6.00. The lowest BCUT2D eigenvalue weighted by Gasteiger charge is -2.07. The van der Waals surface area contributed by atoms with E-state index < -0.39 is 23.2 Å². The van der Waals surface area contributed by atoms with Crippen LogP contribution >= 0.6 is 0 Å². The van der Waals surface area contributed by atoms with Crippen molar-refractivity contribution in [2.75, 3.05) is 5.32 Å². The van der Waals surface area contributed by atoms with Crippen LogP contribution in [0.1, 0.15) is 13.8 Å². The minimum absolute atomic E-state index is 0.0313. The Labute approximate surface area is 104 Å². The molecule has 1 aliphatic rings. The van der Waals surface area contributed by atoms with Crippen LogP contribution in [0.3, 0.4) is 0 Å². The minimum Gasteiger partial charge on any atom is -0.506 e. The van der Waals surface area contributed by atoms with Crippen LogP contribution in [-0.2, 0) is 9.59 Å². The van der Waals surface area contributed by atoms with Gasteiger partial charge in [0.25, 0.3) is 0 Å². The van der Waals surface area contributed by atoms with E-state index in [0.29, 0.717) is 5.69 Å². The smallest absolute Gasteiger partial charge is 0.307 e. The van der Waals surface area contributed by atoms with Gasteiger partial charge in [0.1, 0.15) is 5.75 Å². The van der Waals surface area contributed by atoms with Crippen molar-refractivity contribution < 1.29 is 19.8 Å². The van der Waals surface area contributed by atoms with Crippen molar-refractivity contribution in [2.45, 2.75) is 13.8 Å². The molecule has 1 aromatic carbocycles. The molecule has 2 atom stereocenters. The monoisotopic (exact) mass is 249 g/mol. The topological polar surface area (TPSA) is 86.6 Å². The summed E-state index contributed by atoms with van der Waals surface area (Å²) < 4.78 is 0. The van der Waals surface area contributed by atoms with E-state index in [1.54, 1.807) is 32.0 Å². The van der Waals surface area contributed by atoms with Crippen LogP contribution in [0.2, 0.25) is 0 Å². The van der Waals surface area contributed by atoms with E-state index in [1.807, 2.05) is 0 Å². The summed E-state index contributed by atoms with van der Waals surface area (Å²) >= 11 is 0. The molecule has 0 aromatic heterocycles. The van der Waals surface area contributed by atoms with Crippen molar-refractivity contribution in [3.8, 4) is 5.75 Å². The second kappa shape index (κ2) is 4.01. The van der Waals surface area contributed by atoms with Crippen molar-refractivity contribution in [2.24, 2.45) is 17.3 Å². The molecular weight excluding hydrogens is 234 g/mol. The molecule has 1 fully saturated rings. The van der Waals surface area contributed by atoms with Gasteiger partial charge in [-0.2, -0.15) is 0 Å². The van der Waals surface area contributed by atoms with E-state index in [4.69, 9.17) is 5.11 Å². The molecule has 1 amide bonds. The molecule has 18 heavy (non-hydrogen) atoms. The van der Waals surface area contributed by atoms with Crippen LogP contribution in [0.5, 0.6) is 5.75 Å². The first kappa shape index (κ1) is 12.4. The SMILES string of the molecule is CC1(C)[C@H](C(=O)O)[C@H]1C(=O)Nc1ccccc1O. The Balaban J connectivity index is 2.11. The van der Waals surface area contributed by atoms with Crippen molar-refractivity contribution >= 4 is 17.6 Å². The summed E-state index contributed by atoms with van der Waals surface area (Å²) in [5, 5.41) is 21.1. The molecule has 5 nitrogen and oxygen atoms in total. The van der Waals surface area contributed by atoms with Gasteiger partial charge >= 0.3 is 5.97 Å². The fraction of sp³-hybridized carbons (Fsp3) is 0.385. The fourth-order valence-electron chi connectivity index (χ4n) is 2.38. The fourth-order valence-corrected chi connectivity index (χ4v) is 2.38. The average molecular weight is 249 g/mol. The summed E-state index contributed by atoms with van der Waals surface area (Å²) in [7, 11) is 0. The molecule has 0 spiro atoms. The number of aliphatic carboxylic acids is 1. The number of hydrogen-bond donors (Lipinski definition) is 3. The highest BCUT2D eigenvalue weighted by Crippen LogP contribution is 2.58. The first-order valence-corrected chi connectivity index (χ1v) is 5.67. The summed E-state index contributed by atoms with van der Waals surface area (Å²) in [6.45, 7) is 3.50. The Hall–Kier alpha value is -2.04. The van der Waals surface area contributed by atoms with Gasteiger partial charge in [-0.05, 0) is 17.5 Å². The number of carbonyl (C=O) groups excluding carboxylic acids is 1. The maximum Gasteiger partial charge on any atom is 0.307 e. The molecule has 3 N–H and O–H groups in total. The van der Waals surface area contributed by atoms with Crippen molar-refractivity contribution in [3.05, 3.63) is 24.3 Å². The maximum absolute atomic E-state index is 12.0. The number of benzene rings is 1. The number of carboxylic acid groups (broad SMARTS) is 1. The predicted molar refractivity (Wildman–Crippen MR) is 65.1 cm³/mol. The van der Waals surface area contributed by atoms with Crippen LogP contribution in [0.15, 0.2) is 24.3 Å². The number of anilines is 1. The molecule has 0 saturated heterocycles. The van der Waals surface area contributed by atoms with E-state index in [0.717, 1.165) is 0 Å². The number of rotatable bonds is 3. The first-order valence-electron chi connectivity index (χ1n) is 5.67. The second-order valence-electron chi connectivity index (χ2n) is 5.12. The molecule has 1 saturated carbocycles. The number of carbonyl (C=O) groups is 2. The Bertz CT molecular complexity index is 509. The lowest BCUT2D eigenvalue weighted by Crippen LogP contribution is -2.17. The number of phenols is 1. The number of nitrogens with one attached hydrogen (secondary N) is 1. The molecule has 1 aliphatic carbocycles. The molecule has 1 aromatic rings. The van der Waals surface area contributed by atoms with Crippen LogP contribution < -0.4 is 5.32 Å². The number of phenolic OH excluding ortho intramolecular Hbond substituents is 1. The molecule has 0 heterocycles. The number of para-hydroxylation sites is 2. The molecule has 0 bridgehead atoms. The quantitative estimate of drug-likeness (QED) is 0.711. The third-order valence-corrected chi connectivity index (χ3v) is 3.54. The lowest BCUT2D eigenvalue weighted by molar-refractivity contribution is -0.140. The van der Waals surface area contributed by atoms with Crippen molar-refractivity contribution in [3.63, 3.8) is 0 Å². The molecule has 96 valence electrons. The van der Waals surface area contributed by atoms with Crippen molar-refractivity contribution in [1.82, 2.24) is 0 Å². The van der Waals surface area contributed by atoms with Gasteiger partial charge in [-0.15, -0.1) is 0 Å². The van der Waals surface area contributed by atoms with E-state index >= 15 is 0 Å². The van der Waals surface area contributed by atoms with Gasteiger partial charge in [-0.1, -0.05) is 26.0 Å². The minimum atomic E-state index is -0.961.